The lowest BCUT2D eigenvalue weighted by Gasteiger charge is -2.16. The molecule has 19 heavy (non-hydrogen) atoms. The van der Waals surface area contributed by atoms with E-state index in [1.807, 2.05) is 0 Å². The highest BCUT2D eigenvalue weighted by molar-refractivity contribution is 6.87. The van der Waals surface area contributed by atoms with Gasteiger partial charge in [-0.05, 0) is 36.8 Å². The van der Waals surface area contributed by atoms with E-state index in [0.717, 1.165) is 0 Å². The molecule has 1 heterocycles. The van der Waals surface area contributed by atoms with Crippen molar-refractivity contribution in [1.82, 2.24) is 0 Å². The molecule has 1 aromatic carbocycles. The number of hydrogen-bond acceptors (Lipinski definition) is 0. The minimum Gasteiger partial charge on any atom is -0.0698 e. The fourth-order valence-corrected chi connectivity index (χ4v) is 6.99. The van der Waals surface area contributed by atoms with Gasteiger partial charge in [0.25, 0.3) is 0 Å². The van der Waals surface area contributed by atoms with Crippen molar-refractivity contribution in [1.29, 1.82) is 0 Å². The second kappa shape index (κ2) is 6.38. The monoisotopic (exact) mass is 269 g/mol. The summed E-state index contributed by atoms with van der Waals surface area (Å²) < 4.78 is 0. The minimum atomic E-state index is -0.630. The van der Waals surface area contributed by atoms with Crippen LogP contribution in [-0.2, 0) is 0 Å². The molecular formula is C18H25Si. The SMILES string of the molecule is CCC1=C(CC)[Si](c2ccccc2)C(CC)=C1CC. The molecule has 1 radical (unpaired) electrons. The van der Waals surface area contributed by atoms with Crippen LogP contribution in [0, 0.1) is 0 Å². The first-order valence-corrected chi connectivity index (χ1v) is 9.15. The molecule has 1 aliphatic heterocycles. The number of allylic oxidation sites excluding steroid dienone is 4. The van der Waals surface area contributed by atoms with Gasteiger partial charge in [-0.2, -0.15) is 0 Å². The molecule has 1 aliphatic rings. The first-order chi connectivity index (χ1) is 9.28. The zero-order valence-electron chi connectivity index (χ0n) is 12.7. The van der Waals surface area contributed by atoms with E-state index in [2.05, 4.69) is 58.0 Å². The van der Waals surface area contributed by atoms with Crippen molar-refractivity contribution in [2.24, 2.45) is 0 Å². The molecule has 1 aromatic rings. The van der Waals surface area contributed by atoms with Gasteiger partial charge in [0.15, 0.2) is 0 Å². The molecule has 0 saturated carbocycles. The molecular weight excluding hydrogens is 244 g/mol. The molecule has 0 unspecified atom stereocenters. The minimum absolute atomic E-state index is 0.630. The number of benzene rings is 1. The molecule has 0 bridgehead atoms. The Morgan fingerprint density at radius 3 is 1.53 bits per heavy atom. The van der Waals surface area contributed by atoms with E-state index in [0.29, 0.717) is 0 Å². The van der Waals surface area contributed by atoms with Crippen molar-refractivity contribution in [3.63, 3.8) is 0 Å². The number of hydrogen-bond donors (Lipinski definition) is 0. The predicted octanol–water partition coefficient (Wildman–Crippen LogP) is 4.71. The summed E-state index contributed by atoms with van der Waals surface area (Å²) in [4.78, 5) is 0. The van der Waals surface area contributed by atoms with Crippen LogP contribution in [0.2, 0.25) is 0 Å². The van der Waals surface area contributed by atoms with Crippen LogP contribution in [0.4, 0.5) is 0 Å². The summed E-state index contributed by atoms with van der Waals surface area (Å²) in [5.74, 6) is 0. The highest BCUT2D eigenvalue weighted by atomic mass is 28.3. The maximum Gasteiger partial charge on any atom is 0.146 e. The summed E-state index contributed by atoms with van der Waals surface area (Å²) in [7, 11) is -0.630. The van der Waals surface area contributed by atoms with Crippen LogP contribution in [0.3, 0.4) is 0 Å². The molecule has 2 rings (SSSR count). The Morgan fingerprint density at radius 1 is 0.684 bits per heavy atom. The first-order valence-electron chi connectivity index (χ1n) is 7.65. The van der Waals surface area contributed by atoms with E-state index in [9.17, 15) is 0 Å². The van der Waals surface area contributed by atoms with E-state index < -0.39 is 8.80 Å². The van der Waals surface area contributed by atoms with E-state index in [-0.39, 0.29) is 0 Å². The maximum absolute atomic E-state index is 2.34. The van der Waals surface area contributed by atoms with E-state index in [1.54, 1.807) is 26.7 Å². The molecule has 0 N–H and O–H groups in total. The van der Waals surface area contributed by atoms with Crippen LogP contribution in [0.15, 0.2) is 51.9 Å². The van der Waals surface area contributed by atoms with Crippen LogP contribution in [-0.4, -0.2) is 8.80 Å². The summed E-state index contributed by atoms with van der Waals surface area (Å²) in [5.41, 5.74) is 3.39. The summed E-state index contributed by atoms with van der Waals surface area (Å²) in [6.07, 6.45) is 4.85. The Labute approximate surface area is 119 Å². The van der Waals surface area contributed by atoms with Crippen molar-refractivity contribution >= 4 is 14.0 Å². The van der Waals surface area contributed by atoms with Crippen LogP contribution < -0.4 is 5.19 Å². The molecule has 0 aromatic heterocycles. The lowest BCUT2D eigenvalue weighted by atomic mass is 9.99. The third-order valence-electron chi connectivity index (χ3n) is 4.17. The van der Waals surface area contributed by atoms with E-state index >= 15 is 0 Å². The lowest BCUT2D eigenvalue weighted by Crippen LogP contribution is -2.33. The number of rotatable bonds is 5. The van der Waals surface area contributed by atoms with Gasteiger partial charge in [0, 0.05) is 0 Å². The molecule has 0 amide bonds. The summed E-state index contributed by atoms with van der Waals surface area (Å²) in [6.45, 7) is 9.32. The van der Waals surface area contributed by atoms with Gasteiger partial charge in [-0.15, -0.1) is 0 Å². The molecule has 1 heteroatoms. The van der Waals surface area contributed by atoms with Crippen molar-refractivity contribution in [2.75, 3.05) is 0 Å². The maximum atomic E-state index is 2.34. The smallest absolute Gasteiger partial charge is 0.0698 e. The van der Waals surface area contributed by atoms with Crippen LogP contribution in [0.1, 0.15) is 53.4 Å². The molecule has 0 aliphatic carbocycles. The molecule has 0 saturated heterocycles. The summed E-state index contributed by atoms with van der Waals surface area (Å²) in [5, 5.41) is 5.12. The quantitative estimate of drug-likeness (QED) is 0.679. The van der Waals surface area contributed by atoms with Crippen molar-refractivity contribution in [3.8, 4) is 0 Å². The van der Waals surface area contributed by atoms with Gasteiger partial charge in [0.05, 0.1) is 0 Å². The lowest BCUT2D eigenvalue weighted by molar-refractivity contribution is 0.985. The zero-order valence-corrected chi connectivity index (χ0v) is 13.7. The Hall–Kier alpha value is -1.08. The predicted molar refractivity (Wildman–Crippen MR) is 87.0 cm³/mol. The third-order valence-corrected chi connectivity index (χ3v) is 7.60. The van der Waals surface area contributed by atoms with Gasteiger partial charge in [-0.3, -0.25) is 0 Å². The second-order valence-electron chi connectivity index (χ2n) is 5.07. The summed E-state index contributed by atoms with van der Waals surface area (Å²) >= 11 is 0. The fraction of sp³-hybridized carbons (Fsp3) is 0.444. The Morgan fingerprint density at radius 2 is 1.16 bits per heavy atom. The zero-order chi connectivity index (χ0) is 13.8. The molecule has 0 atom stereocenters. The van der Waals surface area contributed by atoms with Gasteiger partial charge >= 0.3 is 0 Å². The topological polar surface area (TPSA) is 0 Å². The van der Waals surface area contributed by atoms with Gasteiger partial charge < -0.3 is 0 Å². The normalized spacial score (nSPS) is 16.6. The summed E-state index contributed by atoms with van der Waals surface area (Å²) in [6, 6.07) is 11.2. The van der Waals surface area contributed by atoms with Crippen molar-refractivity contribution < 1.29 is 0 Å². The molecule has 0 fully saturated rings. The molecule has 101 valence electrons. The Kier molecular flexibility index (Phi) is 4.81. The van der Waals surface area contributed by atoms with Crippen LogP contribution in [0.25, 0.3) is 0 Å². The van der Waals surface area contributed by atoms with Crippen molar-refractivity contribution in [3.05, 3.63) is 51.9 Å². The van der Waals surface area contributed by atoms with E-state index in [4.69, 9.17) is 0 Å². The average molecular weight is 269 g/mol. The second-order valence-corrected chi connectivity index (χ2v) is 7.60. The highest BCUT2D eigenvalue weighted by Gasteiger charge is 2.32. The fourth-order valence-electron chi connectivity index (χ4n) is 3.44. The van der Waals surface area contributed by atoms with Gasteiger partial charge in [0.1, 0.15) is 8.80 Å². The molecule has 0 nitrogen and oxygen atoms in total. The van der Waals surface area contributed by atoms with Gasteiger partial charge in [-0.1, -0.05) is 73.6 Å². The van der Waals surface area contributed by atoms with Gasteiger partial charge in [-0.25, -0.2) is 0 Å². The standard InChI is InChI=1S/C18H25Si/c1-5-15-16(6-2)18(8-4)19(17(15)7-3)14-12-10-9-11-13-14/h9-13H,5-8H2,1-4H3. The first kappa shape index (κ1) is 14.3. The Bertz CT molecular complexity index is 466. The average Bonchev–Trinajstić information content (AvgIpc) is 2.80. The third kappa shape index (κ3) is 2.49. The molecule has 0 spiro atoms. The van der Waals surface area contributed by atoms with Gasteiger partial charge in [0.2, 0.25) is 0 Å². The van der Waals surface area contributed by atoms with Crippen LogP contribution >= 0.6 is 0 Å². The Balaban J connectivity index is 2.57. The van der Waals surface area contributed by atoms with Crippen LogP contribution in [0.5, 0.6) is 0 Å². The highest BCUT2D eigenvalue weighted by Crippen LogP contribution is 2.38. The van der Waals surface area contributed by atoms with Crippen molar-refractivity contribution in [2.45, 2.75) is 53.4 Å². The largest absolute Gasteiger partial charge is 0.146 e. The van der Waals surface area contributed by atoms with E-state index in [1.165, 1.54) is 25.7 Å².